The molecule has 9 heteroatoms. The number of hydrogen-bond donors (Lipinski definition) is 0. The quantitative estimate of drug-likeness (QED) is 0.639. The highest BCUT2D eigenvalue weighted by Gasteiger charge is 2.39. The molecule has 0 saturated heterocycles. The lowest BCUT2D eigenvalue weighted by atomic mass is 10.3. The molecule has 1 aliphatic carbocycles. The number of esters is 1. The van der Waals surface area contributed by atoms with Crippen LogP contribution < -0.4 is 0 Å². The van der Waals surface area contributed by atoms with Crippen molar-refractivity contribution in [2.24, 2.45) is 0 Å². The Morgan fingerprint density at radius 3 is 2.40 bits per heavy atom. The molecule has 1 saturated carbocycles. The fourth-order valence-electron chi connectivity index (χ4n) is 1.72. The largest absolute Gasteiger partial charge is 0.465 e. The molecule has 0 N–H and O–H groups in total. The molecular formula is C11H18F3NO4S. The minimum Gasteiger partial charge on any atom is -0.465 e. The molecule has 0 bridgehead atoms. The number of alkyl halides is 3. The Labute approximate surface area is 116 Å². The number of carbonyl (C=O) groups is 1. The molecule has 0 amide bonds. The van der Waals surface area contributed by atoms with Gasteiger partial charge in [-0.05, 0) is 26.2 Å². The maximum Gasteiger partial charge on any atom is 0.389 e. The van der Waals surface area contributed by atoms with E-state index in [0.717, 1.165) is 4.31 Å². The van der Waals surface area contributed by atoms with Crippen LogP contribution in [0, 0.1) is 0 Å². The summed E-state index contributed by atoms with van der Waals surface area (Å²) < 4.78 is 65.7. The second-order valence-electron chi connectivity index (χ2n) is 4.62. The molecule has 0 radical (unpaired) electrons. The summed E-state index contributed by atoms with van der Waals surface area (Å²) in [5.74, 6) is -1.29. The molecule has 118 valence electrons. The first-order valence-corrected chi connectivity index (χ1v) is 7.98. The van der Waals surface area contributed by atoms with Crippen molar-refractivity contribution in [3.05, 3.63) is 0 Å². The maximum absolute atomic E-state index is 12.0. The Morgan fingerprint density at radius 1 is 1.35 bits per heavy atom. The maximum atomic E-state index is 12.0. The zero-order valence-corrected chi connectivity index (χ0v) is 12.0. The molecule has 0 aliphatic heterocycles. The molecule has 5 nitrogen and oxygen atoms in total. The Morgan fingerprint density at radius 2 is 1.95 bits per heavy atom. The van der Waals surface area contributed by atoms with Gasteiger partial charge in [-0.25, -0.2) is 8.42 Å². The molecule has 0 heterocycles. The SMILES string of the molecule is CCOC(=O)CN(C1CC1)S(=O)(=O)CCCC(F)(F)F. The van der Waals surface area contributed by atoms with E-state index < -0.39 is 47.3 Å². The summed E-state index contributed by atoms with van der Waals surface area (Å²) in [5, 5.41) is 0. The third kappa shape index (κ3) is 6.08. The van der Waals surface area contributed by atoms with Crippen LogP contribution in [-0.4, -0.2) is 49.8 Å². The summed E-state index contributed by atoms with van der Waals surface area (Å²) in [6.45, 7) is 1.30. The molecule has 0 spiro atoms. The third-order valence-corrected chi connectivity index (χ3v) is 4.71. The topological polar surface area (TPSA) is 63.7 Å². The Bertz CT molecular complexity index is 431. The summed E-state index contributed by atoms with van der Waals surface area (Å²) in [6.07, 6.45) is -4.78. The second-order valence-corrected chi connectivity index (χ2v) is 6.66. The number of ether oxygens (including phenoxy) is 1. The average molecular weight is 317 g/mol. The van der Waals surface area contributed by atoms with Gasteiger partial charge in [0.15, 0.2) is 0 Å². The molecule has 1 rings (SSSR count). The number of nitrogens with zero attached hydrogens (tertiary/aromatic N) is 1. The van der Waals surface area contributed by atoms with Crippen LogP contribution in [0.25, 0.3) is 0 Å². The fraction of sp³-hybridized carbons (Fsp3) is 0.909. The van der Waals surface area contributed by atoms with Gasteiger partial charge >= 0.3 is 12.1 Å². The highest BCUT2D eigenvalue weighted by Crippen LogP contribution is 2.30. The van der Waals surface area contributed by atoms with Crippen molar-refractivity contribution in [1.82, 2.24) is 4.31 Å². The van der Waals surface area contributed by atoms with Crippen molar-refractivity contribution in [3.63, 3.8) is 0 Å². The van der Waals surface area contributed by atoms with Crippen LogP contribution in [-0.2, 0) is 19.6 Å². The number of rotatable bonds is 8. The first-order chi connectivity index (χ1) is 9.15. The highest BCUT2D eigenvalue weighted by atomic mass is 32.2. The summed E-state index contributed by atoms with van der Waals surface area (Å²) in [7, 11) is -3.86. The fourth-order valence-corrected chi connectivity index (χ4v) is 3.43. The van der Waals surface area contributed by atoms with Crippen LogP contribution in [0.3, 0.4) is 0 Å². The van der Waals surface area contributed by atoms with Gasteiger partial charge in [-0.2, -0.15) is 17.5 Å². The van der Waals surface area contributed by atoms with Gasteiger partial charge in [0.1, 0.15) is 6.54 Å². The lowest BCUT2D eigenvalue weighted by molar-refractivity contribution is -0.143. The Balaban J connectivity index is 2.58. The molecule has 0 atom stereocenters. The first kappa shape index (κ1) is 17.2. The molecule has 1 fully saturated rings. The highest BCUT2D eigenvalue weighted by molar-refractivity contribution is 7.89. The van der Waals surface area contributed by atoms with Crippen molar-refractivity contribution in [1.29, 1.82) is 0 Å². The van der Waals surface area contributed by atoms with Crippen LogP contribution in [0.1, 0.15) is 32.6 Å². The molecule has 0 aromatic rings. The molecule has 20 heavy (non-hydrogen) atoms. The average Bonchev–Trinajstić information content (AvgIpc) is 3.07. The Kier molecular flexibility index (Phi) is 5.81. The molecule has 0 aromatic heterocycles. The number of halogens is 3. The summed E-state index contributed by atoms with van der Waals surface area (Å²) in [6, 6.07) is -0.282. The Hall–Kier alpha value is -0.830. The van der Waals surface area contributed by atoms with Crippen molar-refractivity contribution in [2.45, 2.75) is 44.8 Å². The lowest BCUT2D eigenvalue weighted by Gasteiger charge is -2.21. The van der Waals surface area contributed by atoms with Crippen LogP contribution in [0.4, 0.5) is 13.2 Å². The van der Waals surface area contributed by atoms with Gasteiger partial charge in [-0.15, -0.1) is 0 Å². The first-order valence-electron chi connectivity index (χ1n) is 6.37. The predicted octanol–water partition coefficient (Wildman–Crippen LogP) is 1.69. The molecule has 0 aromatic carbocycles. The van der Waals surface area contributed by atoms with E-state index in [-0.39, 0.29) is 12.6 Å². The smallest absolute Gasteiger partial charge is 0.389 e. The second kappa shape index (κ2) is 6.75. The van der Waals surface area contributed by atoms with Gasteiger partial charge in [0.25, 0.3) is 0 Å². The van der Waals surface area contributed by atoms with Gasteiger partial charge in [0.05, 0.1) is 12.4 Å². The molecule has 0 unspecified atom stereocenters. The summed E-state index contributed by atoms with van der Waals surface area (Å²) >= 11 is 0. The summed E-state index contributed by atoms with van der Waals surface area (Å²) in [4.78, 5) is 11.4. The van der Waals surface area contributed by atoms with E-state index in [1.807, 2.05) is 0 Å². The standard InChI is InChI=1S/C11H18F3NO4S/c1-2-19-10(16)8-15(9-4-5-9)20(17,18)7-3-6-11(12,13)14/h9H,2-8H2,1H3. The number of carbonyl (C=O) groups excluding carboxylic acids is 1. The van der Waals surface area contributed by atoms with Crippen molar-refractivity contribution < 1.29 is 31.1 Å². The zero-order chi connectivity index (χ0) is 15.4. The number of sulfonamides is 1. The van der Waals surface area contributed by atoms with E-state index in [9.17, 15) is 26.4 Å². The van der Waals surface area contributed by atoms with Crippen LogP contribution in [0.5, 0.6) is 0 Å². The van der Waals surface area contributed by atoms with Gasteiger partial charge in [-0.3, -0.25) is 4.79 Å². The molecule has 1 aliphatic rings. The summed E-state index contributed by atoms with van der Waals surface area (Å²) in [5.41, 5.74) is 0. The van der Waals surface area contributed by atoms with Crippen molar-refractivity contribution in [2.75, 3.05) is 18.9 Å². The molecular weight excluding hydrogens is 299 g/mol. The van der Waals surface area contributed by atoms with E-state index in [0.29, 0.717) is 12.8 Å². The monoisotopic (exact) mass is 317 g/mol. The van der Waals surface area contributed by atoms with Crippen LogP contribution in [0.2, 0.25) is 0 Å². The van der Waals surface area contributed by atoms with E-state index in [1.54, 1.807) is 6.92 Å². The van der Waals surface area contributed by atoms with E-state index in [4.69, 9.17) is 0 Å². The van der Waals surface area contributed by atoms with Gasteiger partial charge in [0.2, 0.25) is 10.0 Å². The van der Waals surface area contributed by atoms with E-state index >= 15 is 0 Å². The zero-order valence-electron chi connectivity index (χ0n) is 11.1. The van der Waals surface area contributed by atoms with Crippen molar-refractivity contribution in [3.8, 4) is 0 Å². The minimum absolute atomic E-state index is 0.130. The third-order valence-electron chi connectivity index (χ3n) is 2.76. The van der Waals surface area contributed by atoms with Gasteiger partial charge in [-0.1, -0.05) is 0 Å². The minimum atomic E-state index is -4.37. The normalized spacial score (nSPS) is 16.4. The van der Waals surface area contributed by atoms with Crippen LogP contribution in [0.15, 0.2) is 0 Å². The van der Waals surface area contributed by atoms with E-state index in [2.05, 4.69) is 4.74 Å². The van der Waals surface area contributed by atoms with Gasteiger partial charge in [0, 0.05) is 12.5 Å². The lowest BCUT2D eigenvalue weighted by Crippen LogP contribution is -2.39. The van der Waals surface area contributed by atoms with Crippen LogP contribution >= 0.6 is 0 Å². The van der Waals surface area contributed by atoms with E-state index in [1.165, 1.54) is 0 Å². The predicted molar refractivity (Wildman–Crippen MR) is 65.4 cm³/mol. The van der Waals surface area contributed by atoms with Gasteiger partial charge < -0.3 is 4.74 Å². The number of hydrogen-bond acceptors (Lipinski definition) is 4. The van der Waals surface area contributed by atoms with Crippen molar-refractivity contribution >= 4 is 16.0 Å².